The zero-order valence-corrected chi connectivity index (χ0v) is 34.9. The van der Waals surface area contributed by atoms with Gasteiger partial charge in [0.1, 0.15) is 29.7 Å². The van der Waals surface area contributed by atoms with Crippen LogP contribution in [0.1, 0.15) is 87.0 Å². The number of aromatic nitrogens is 3. The molecule has 12 nitrogen and oxygen atoms in total. The Morgan fingerprint density at radius 3 is 2.63 bits per heavy atom. The van der Waals surface area contributed by atoms with Gasteiger partial charge in [0.2, 0.25) is 10.0 Å². The van der Waals surface area contributed by atoms with Crippen LogP contribution in [0.2, 0.25) is 0 Å². The summed E-state index contributed by atoms with van der Waals surface area (Å²) in [5.74, 6) is 0.966. The first kappa shape index (κ1) is 40.6. The summed E-state index contributed by atoms with van der Waals surface area (Å²) in [6.45, 7) is 16.0. The number of rotatable bonds is 12. The second kappa shape index (κ2) is 16.3. The molecule has 2 aromatic heterocycles. The quantitative estimate of drug-likeness (QED) is 0.149. The Bertz CT molecular complexity index is 2290. The number of amides is 1. The number of hydrogen-bond donors (Lipinski definition) is 0. The monoisotopic (exact) mass is 798 g/mol. The minimum atomic E-state index is -3.20. The molecule has 2 aromatic carbocycles. The van der Waals surface area contributed by atoms with E-state index < -0.39 is 15.8 Å². The fraction of sp³-hybridized carbons (Fsp3) is 0.535. The van der Waals surface area contributed by atoms with Gasteiger partial charge in [-0.05, 0) is 121 Å². The third-order valence-corrected chi connectivity index (χ3v) is 14.0. The molecule has 4 aromatic rings. The highest BCUT2D eigenvalue weighted by Crippen LogP contribution is 2.44. The molecule has 3 saturated heterocycles. The highest BCUT2D eigenvalue weighted by atomic mass is 32.2. The first-order chi connectivity index (χ1) is 27.2. The molecule has 14 heteroatoms. The summed E-state index contributed by atoms with van der Waals surface area (Å²) < 4.78 is 48.9. The number of hydrogen-bond acceptors (Lipinski definition) is 9. The van der Waals surface area contributed by atoms with E-state index in [1.807, 2.05) is 33.8 Å². The fourth-order valence-corrected chi connectivity index (χ4v) is 10.8. The van der Waals surface area contributed by atoms with E-state index in [0.29, 0.717) is 36.3 Å². The van der Waals surface area contributed by atoms with Gasteiger partial charge in [-0.1, -0.05) is 6.07 Å². The van der Waals surface area contributed by atoms with Crippen LogP contribution in [-0.4, -0.2) is 101 Å². The first-order valence-corrected chi connectivity index (χ1v) is 22.1. The van der Waals surface area contributed by atoms with Crippen LogP contribution in [0.4, 0.5) is 10.2 Å². The molecule has 3 aliphatic rings. The molecule has 304 valence electrons. The lowest BCUT2D eigenvalue weighted by molar-refractivity contribution is 0.0713. The largest absolute Gasteiger partial charge is 0.451 e. The van der Waals surface area contributed by atoms with Crippen molar-refractivity contribution in [1.29, 1.82) is 5.26 Å². The third kappa shape index (κ3) is 8.38. The molecule has 1 spiro atoms. The van der Waals surface area contributed by atoms with E-state index in [9.17, 15) is 22.9 Å². The van der Waals surface area contributed by atoms with Gasteiger partial charge in [0.15, 0.2) is 11.6 Å². The number of halogens is 1. The van der Waals surface area contributed by atoms with Gasteiger partial charge in [0.25, 0.3) is 5.91 Å². The minimum absolute atomic E-state index is 0.0163. The second-order valence-corrected chi connectivity index (χ2v) is 18.7. The number of nitrogens with zero attached hydrogens (tertiary/aromatic N) is 8. The van der Waals surface area contributed by atoms with Gasteiger partial charge in [0.05, 0.1) is 18.0 Å². The van der Waals surface area contributed by atoms with Gasteiger partial charge in [-0.2, -0.15) is 9.57 Å². The minimum Gasteiger partial charge on any atom is -0.451 e. The summed E-state index contributed by atoms with van der Waals surface area (Å²) >= 11 is 0. The number of aryl methyl sites for hydroxylation is 2. The van der Waals surface area contributed by atoms with Crippen molar-refractivity contribution in [3.05, 3.63) is 77.1 Å². The standard InChI is InChI=1S/C43H55FN8O4S/c1-7-50(29(2)3)42(53)37-21-34(44)9-11-39(37)56-40-24-46-28-47-41(40)49-19-15-43(27-49)14-18-48(26-43)25-33-8-10-38-36(31(33)5)22-35(23-45)51(38)16-12-32-13-17-52(30(4)20-32)57(6,54)55/h8-11,21-22,24,28-30,32H,7,12-20,25-27H2,1-6H3. The summed E-state index contributed by atoms with van der Waals surface area (Å²) in [5.41, 5.74) is 4.44. The van der Waals surface area contributed by atoms with E-state index in [0.717, 1.165) is 82.3 Å². The Morgan fingerprint density at radius 2 is 1.91 bits per heavy atom. The Balaban J connectivity index is 1.01. The molecule has 1 amide bonds. The van der Waals surface area contributed by atoms with Gasteiger partial charge in [-0.15, -0.1) is 0 Å². The lowest BCUT2D eigenvalue weighted by Gasteiger charge is -2.36. The van der Waals surface area contributed by atoms with Crippen molar-refractivity contribution >= 4 is 32.7 Å². The van der Waals surface area contributed by atoms with Crippen LogP contribution in [0.3, 0.4) is 0 Å². The van der Waals surface area contributed by atoms with Crippen LogP contribution in [0.5, 0.6) is 11.5 Å². The lowest BCUT2D eigenvalue weighted by Crippen LogP contribution is -2.44. The normalized spacial score (nSPS) is 21.8. The van der Waals surface area contributed by atoms with Crippen LogP contribution in [-0.2, 0) is 23.1 Å². The van der Waals surface area contributed by atoms with E-state index >= 15 is 0 Å². The van der Waals surface area contributed by atoms with Gasteiger partial charge < -0.3 is 19.1 Å². The van der Waals surface area contributed by atoms with Gasteiger partial charge in [0, 0.05) is 74.2 Å². The average Bonchev–Trinajstić information content (AvgIpc) is 3.89. The average molecular weight is 799 g/mol. The van der Waals surface area contributed by atoms with E-state index in [-0.39, 0.29) is 34.7 Å². The van der Waals surface area contributed by atoms with Crippen molar-refractivity contribution < 1.29 is 22.3 Å². The molecule has 3 fully saturated rings. The zero-order valence-electron chi connectivity index (χ0n) is 34.0. The maximum atomic E-state index is 14.4. The van der Waals surface area contributed by atoms with Crippen LogP contribution in [0.25, 0.3) is 10.9 Å². The van der Waals surface area contributed by atoms with Crippen LogP contribution in [0, 0.1) is 35.4 Å². The Morgan fingerprint density at radius 1 is 1.12 bits per heavy atom. The number of nitriles is 1. The van der Waals surface area contributed by atoms with Crippen LogP contribution in [0.15, 0.2) is 48.9 Å². The Kier molecular flexibility index (Phi) is 11.6. The van der Waals surface area contributed by atoms with Crippen molar-refractivity contribution in [1.82, 2.24) is 28.6 Å². The molecule has 5 heterocycles. The molecule has 0 bridgehead atoms. The third-order valence-electron chi connectivity index (χ3n) is 12.6. The van der Waals surface area contributed by atoms with Crippen LogP contribution >= 0.6 is 0 Å². The molecular formula is C43H55FN8O4S. The number of sulfonamides is 1. The number of likely N-dealkylation sites (tertiary alicyclic amines) is 1. The van der Waals surface area contributed by atoms with Gasteiger partial charge in [-0.3, -0.25) is 9.69 Å². The molecule has 0 aliphatic carbocycles. The number of anilines is 1. The SMILES string of the molecule is CCN(C(=O)c1cc(F)ccc1Oc1cncnc1N1CCC2(CCN(Cc3ccc4c(cc(C#N)n4CCC4CCN(S(C)(=O)=O)C(C)C4)c3C)C2)C1)C(C)C. The topological polar surface area (TPSA) is 128 Å². The maximum absolute atomic E-state index is 14.4. The fourth-order valence-electron chi connectivity index (χ4n) is 9.59. The molecule has 3 atom stereocenters. The summed E-state index contributed by atoms with van der Waals surface area (Å²) in [5, 5.41) is 11.2. The maximum Gasteiger partial charge on any atom is 0.257 e. The second-order valence-electron chi connectivity index (χ2n) is 16.7. The van der Waals surface area contributed by atoms with Crippen molar-refractivity contribution in [2.45, 2.75) is 91.9 Å². The van der Waals surface area contributed by atoms with Gasteiger partial charge in [-0.25, -0.2) is 22.8 Å². The van der Waals surface area contributed by atoms with Crippen molar-refractivity contribution in [2.75, 3.05) is 50.4 Å². The molecule has 0 N–H and O–H groups in total. The molecule has 57 heavy (non-hydrogen) atoms. The van der Waals surface area contributed by atoms with E-state index in [2.05, 4.69) is 49.5 Å². The predicted molar refractivity (Wildman–Crippen MR) is 219 cm³/mol. The summed E-state index contributed by atoms with van der Waals surface area (Å²) in [4.78, 5) is 28.8. The molecule has 0 radical (unpaired) electrons. The Hall–Kier alpha value is -4.58. The van der Waals surface area contributed by atoms with Crippen molar-refractivity contribution in [3.8, 4) is 17.6 Å². The van der Waals surface area contributed by atoms with E-state index in [1.54, 1.807) is 15.4 Å². The number of ether oxygens (including phenoxy) is 1. The predicted octanol–water partition coefficient (Wildman–Crippen LogP) is 6.97. The smallest absolute Gasteiger partial charge is 0.257 e. The number of carbonyl (C=O) groups is 1. The van der Waals surface area contributed by atoms with E-state index in [1.165, 1.54) is 41.9 Å². The number of carbonyl (C=O) groups excluding carboxylic acids is 1. The lowest BCUT2D eigenvalue weighted by atomic mass is 9.86. The van der Waals surface area contributed by atoms with E-state index in [4.69, 9.17) is 4.74 Å². The molecular weight excluding hydrogens is 744 g/mol. The molecule has 3 aliphatic heterocycles. The summed E-state index contributed by atoms with van der Waals surface area (Å²) in [6, 6.07) is 12.8. The molecule has 7 rings (SSSR count). The van der Waals surface area contributed by atoms with Crippen LogP contribution < -0.4 is 9.64 Å². The highest BCUT2D eigenvalue weighted by molar-refractivity contribution is 7.88. The first-order valence-electron chi connectivity index (χ1n) is 20.2. The summed E-state index contributed by atoms with van der Waals surface area (Å²) in [6.07, 6.45) is 9.04. The highest BCUT2D eigenvalue weighted by Gasteiger charge is 2.44. The number of benzene rings is 2. The number of piperidine rings is 1. The Labute approximate surface area is 336 Å². The van der Waals surface area contributed by atoms with Gasteiger partial charge >= 0.3 is 0 Å². The number of fused-ring (bicyclic) bond motifs is 1. The molecule has 3 unspecified atom stereocenters. The zero-order chi connectivity index (χ0) is 40.6. The van der Waals surface area contributed by atoms with Crippen molar-refractivity contribution in [3.63, 3.8) is 0 Å². The molecule has 0 saturated carbocycles. The summed E-state index contributed by atoms with van der Waals surface area (Å²) in [7, 11) is -3.20. The van der Waals surface area contributed by atoms with Crippen molar-refractivity contribution in [2.24, 2.45) is 11.3 Å².